The standard InChI is InChI=1S/C21H24O5.ClH/c1-16(8-5-6-13-20(22)23)21(24)25-15-17-9-7-12-19(14-17)26-18-10-3-2-4-11-18;/h2-4,7,9-12,14,16H,5-6,8,13,15H2,1H3,(H,22,23);1H. The van der Waals surface area contributed by atoms with E-state index in [9.17, 15) is 9.59 Å². The third kappa shape index (κ3) is 8.60. The molecule has 0 saturated carbocycles. The van der Waals surface area contributed by atoms with E-state index in [1.807, 2.05) is 54.6 Å². The molecule has 2 aromatic carbocycles. The van der Waals surface area contributed by atoms with Gasteiger partial charge in [0.1, 0.15) is 18.1 Å². The molecule has 0 radical (unpaired) electrons. The van der Waals surface area contributed by atoms with Crippen LogP contribution in [0.2, 0.25) is 0 Å². The highest BCUT2D eigenvalue weighted by Gasteiger charge is 2.14. The highest BCUT2D eigenvalue weighted by molar-refractivity contribution is 5.85. The van der Waals surface area contributed by atoms with Crippen LogP contribution in [0.5, 0.6) is 11.5 Å². The number of unbranched alkanes of at least 4 members (excludes halogenated alkanes) is 1. The van der Waals surface area contributed by atoms with E-state index < -0.39 is 5.97 Å². The number of carbonyl (C=O) groups is 2. The van der Waals surface area contributed by atoms with Gasteiger partial charge in [0.2, 0.25) is 0 Å². The van der Waals surface area contributed by atoms with Crippen molar-refractivity contribution in [1.29, 1.82) is 0 Å². The molecule has 0 aromatic heterocycles. The summed E-state index contributed by atoms with van der Waals surface area (Å²) in [5.74, 6) is 0.114. The van der Waals surface area contributed by atoms with Crippen molar-refractivity contribution in [2.75, 3.05) is 0 Å². The number of esters is 1. The molecule has 0 aliphatic carbocycles. The summed E-state index contributed by atoms with van der Waals surface area (Å²) in [6.45, 7) is 1.99. The second kappa shape index (κ2) is 12.0. The molecule has 0 aliphatic rings. The van der Waals surface area contributed by atoms with Crippen LogP contribution in [0.25, 0.3) is 0 Å². The van der Waals surface area contributed by atoms with E-state index in [1.165, 1.54) is 0 Å². The molecule has 0 fully saturated rings. The number of carbonyl (C=O) groups excluding carboxylic acids is 1. The van der Waals surface area contributed by atoms with Crippen LogP contribution in [-0.2, 0) is 20.9 Å². The Balaban J connectivity index is 0.00000364. The Labute approximate surface area is 165 Å². The predicted molar refractivity (Wildman–Crippen MR) is 105 cm³/mol. The second-order valence-electron chi connectivity index (χ2n) is 6.21. The molecule has 1 N–H and O–H groups in total. The maximum absolute atomic E-state index is 12.1. The summed E-state index contributed by atoms with van der Waals surface area (Å²) in [7, 11) is 0. The molecule has 2 rings (SSSR count). The fourth-order valence-electron chi connectivity index (χ4n) is 2.46. The summed E-state index contributed by atoms with van der Waals surface area (Å²) in [6, 6.07) is 16.9. The van der Waals surface area contributed by atoms with Gasteiger partial charge in [0.15, 0.2) is 0 Å². The molecule has 6 heteroatoms. The Morgan fingerprint density at radius 3 is 2.41 bits per heavy atom. The number of ether oxygens (including phenoxy) is 2. The van der Waals surface area contributed by atoms with Crippen LogP contribution < -0.4 is 4.74 Å². The predicted octanol–water partition coefficient (Wildman–Crippen LogP) is 5.23. The lowest BCUT2D eigenvalue weighted by Gasteiger charge is -2.12. The van der Waals surface area contributed by atoms with Crippen LogP contribution in [0.3, 0.4) is 0 Å². The summed E-state index contributed by atoms with van der Waals surface area (Å²) in [5.41, 5.74) is 0.852. The van der Waals surface area contributed by atoms with Crippen molar-refractivity contribution in [2.45, 2.75) is 39.2 Å². The molecule has 146 valence electrons. The lowest BCUT2D eigenvalue weighted by molar-refractivity contribution is -0.149. The van der Waals surface area contributed by atoms with Crippen molar-refractivity contribution in [3.8, 4) is 11.5 Å². The number of hydrogen-bond donors (Lipinski definition) is 1. The highest BCUT2D eigenvalue weighted by atomic mass is 35.5. The van der Waals surface area contributed by atoms with Gasteiger partial charge in [-0.1, -0.05) is 43.7 Å². The maximum atomic E-state index is 12.1. The van der Waals surface area contributed by atoms with E-state index in [0.717, 1.165) is 11.3 Å². The molecule has 5 nitrogen and oxygen atoms in total. The maximum Gasteiger partial charge on any atom is 0.308 e. The van der Waals surface area contributed by atoms with Crippen molar-refractivity contribution in [3.63, 3.8) is 0 Å². The molecule has 27 heavy (non-hydrogen) atoms. The Hall–Kier alpha value is -2.53. The fraction of sp³-hybridized carbons (Fsp3) is 0.333. The van der Waals surface area contributed by atoms with Gasteiger partial charge < -0.3 is 14.6 Å². The Kier molecular flexibility index (Phi) is 9.98. The van der Waals surface area contributed by atoms with Crippen LogP contribution in [0, 0.1) is 5.92 Å². The fourth-order valence-corrected chi connectivity index (χ4v) is 2.46. The van der Waals surface area contributed by atoms with E-state index >= 15 is 0 Å². The van der Waals surface area contributed by atoms with E-state index in [2.05, 4.69) is 0 Å². The number of halogens is 1. The smallest absolute Gasteiger partial charge is 0.308 e. The summed E-state index contributed by atoms with van der Waals surface area (Å²) in [6.07, 6.45) is 2.04. The number of benzene rings is 2. The Morgan fingerprint density at radius 1 is 1.00 bits per heavy atom. The van der Waals surface area contributed by atoms with E-state index in [-0.39, 0.29) is 37.3 Å². The van der Waals surface area contributed by atoms with Crippen molar-refractivity contribution in [3.05, 3.63) is 60.2 Å². The average Bonchev–Trinajstić information content (AvgIpc) is 2.64. The topological polar surface area (TPSA) is 72.8 Å². The molecule has 0 aliphatic heterocycles. The summed E-state index contributed by atoms with van der Waals surface area (Å²) < 4.78 is 11.1. The molecule has 2 aromatic rings. The first kappa shape index (κ1) is 22.5. The third-order valence-electron chi connectivity index (χ3n) is 3.94. The summed E-state index contributed by atoms with van der Waals surface area (Å²) >= 11 is 0. The van der Waals surface area contributed by atoms with Gasteiger partial charge in [-0.05, 0) is 42.7 Å². The molecule has 0 amide bonds. The van der Waals surface area contributed by atoms with Gasteiger partial charge in [0, 0.05) is 6.42 Å². The lowest BCUT2D eigenvalue weighted by Crippen LogP contribution is -2.14. The third-order valence-corrected chi connectivity index (χ3v) is 3.94. The van der Waals surface area contributed by atoms with Gasteiger partial charge in [0.25, 0.3) is 0 Å². The number of para-hydroxylation sites is 1. The highest BCUT2D eigenvalue weighted by Crippen LogP contribution is 2.22. The molecule has 0 bridgehead atoms. The Morgan fingerprint density at radius 2 is 1.70 bits per heavy atom. The molecule has 0 spiro atoms. The zero-order chi connectivity index (χ0) is 18.8. The zero-order valence-electron chi connectivity index (χ0n) is 15.3. The average molecular weight is 393 g/mol. The minimum atomic E-state index is -0.808. The number of hydrogen-bond acceptors (Lipinski definition) is 4. The van der Waals surface area contributed by atoms with E-state index in [1.54, 1.807) is 6.92 Å². The van der Waals surface area contributed by atoms with E-state index in [0.29, 0.717) is 25.0 Å². The van der Waals surface area contributed by atoms with Crippen molar-refractivity contribution >= 4 is 24.3 Å². The zero-order valence-corrected chi connectivity index (χ0v) is 16.1. The van der Waals surface area contributed by atoms with Crippen LogP contribution in [0.4, 0.5) is 0 Å². The quantitative estimate of drug-likeness (QED) is 0.443. The largest absolute Gasteiger partial charge is 0.481 e. The van der Waals surface area contributed by atoms with Crippen LogP contribution in [-0.4, -0.2) is 17.0 Å². The molecule has 0 saturated heterocycles. The minimum absolute atomic E-state index is 0. The molecule has 1 atom stereocenters. The molecule has 0 heterocycles. The van der Waals surface area contributed by atoms with Crippen LogP contribution in [0.15, 0.2) is 54.6 Å². The molecular formula is C21H25ClO5. The Bertz CT molecular complexity index is 718. The van der Waals surface area contributed by atoms with Gasteiger partial charge in [0.05, 0.1) is 5.92 Å². The van der Waals surface area contributed by atoms with Crippen LogP contribution >= 0.6 is 12.4 Å². The van der Waals surface area contributed by atoms with Gasteiger partial charge in [-0.2, -0.15) is 0 Å². The van der Waals surface area contributed by atoms with Crippen molar-refractivity contribution in [2.24, 2.45) is 5.92 Å². The van der Waals surface area contributed by atoms with E-state index in [4.69, 9.17) is 14.6 Å². The molecular weight excluding hydrogens is 368 g/mol. The van der Waals surface area contributed by atoms with Crippen LogP contribution in [0.1, 0.15) is 38.2 Å². The number of rotatable bonds is 10. The van der Waals surface area contributed by atoms with Crippen molar-refractivity contribution < 1.29 is 24.2 Å². The van der Waals surface area contributed by atoms with Crippen molar-refractivity contribution in [1.82, 2.24) is 0 Å². The molecule has 1 unspecified atom stereocenters. The van der Waals surface area contributed by atoms with Gasteiger partial charge in [-0.15, -0.1) is 12.4 Å². The van der Waals surface area contributed by atoms with Gasteiger partial charge in [-0.3, -0.25) is 9.59 Å². The van der Waals surface area contributed by atoms with Gasteiger partial charge >= 0.3 is 11.9 Å². The minimum Gasteiger partial charge on any atom is -0.481 e. The summed E-state index contributed by atoms with van der Waals surface area (Å²) in [5, 5.41) is 8.61. The lowest BCUT2D eigenvalue weighted by atomic mass is 10.0. The number of aliphatic carboxylic acids is 1. The first-order chi connectivity index (χ1) is 12.5. The SMILES string of the molecule is CC(CCCCC(=O)O)C(=O)OCc1cccc(Oc2ccccc2)c1.Cl. The first-order valence-electron chi connectivity index (χ1n) is 8.75. The number of carboxylic acids is 1. The summed E-state index contributed by atoms with van der Waals surface area (Å²) in [4.78, 5) is 22.5. The first-order valence-corrected chi connectivity index (χ1v) is 8.75. The second-order valence-corrected chi connectivity index (χ2v) is 6.21. The number of carboxylic acid groups (broad SMARTS) is 1. The van der Waals surface area contributed by atoms with Gasteiger partial charge in [-0.25, -0.2) is 0 Å². The normalized spacial score (nSPS) is 11.1. The monoisotopic (exact) mass is 392 g/mol.